The molecule has 2 aliphatic rings. The van der Waals surface area contributed by atoms with Crippen molar-refractivity contribution in [3.05, 3.63) is 63.2 Å². The van der Waals surface area contributed by atoms with Gasteiger partial charge in [0.2, 0.25) is 0 Å². The smallest absolute Gasteiger partial charge is 0.122 e. The van der Waals surface area contributed by atoms with Crippen LogP contribution in [0.3, 0.4) is 0 Å². The summed E-state index contributed by atoms with van der Waals surface area (Å²) < 4.78 is 10.7. The lowest BCUT2D eigenvalue weighted by atomic mass is 9.93. The first-order valence-corrected chi connectivity index (χ1v) is 10.3. The second-order valence-corrected chi connectivity index (χ2v) is 8.44. The number of allylic oxidation sites excluding steroid dienone is 2. The maximum atomic E-state index is 5.35. The molecule has 2 aliphatic carbocycles. The maximum Gasteiger partial charge on any atom is 0.122 e. The zero-order valence-corrected chi connectivity index (χ0v) is 18.7. The largest absolute Gasteiger partial charge is 0.496 e. The van der Waals surface area contributed by atoms with Gasteiger partial charge in [-0.05, 0) is 103 Å². The Morgan fingerprint density at radius 1 is 0.786 bits per heavy atom. The number of fused-ring (bicyclic) bond motifs is 2. The first-order valence-electron chi connectivity index (χ1n) is 10.3. The highest BCUT2D eigenvalue weighted by Crippen LogP contribution is 2.42. The molecule has 0 amide bonds. The van der Waals surface area contributed by atoms with Crippen LogP contribution in [0.4, 0.5) is 0 Å². The second kappa shape index (κ2) is 8.03. The number of ether oxygens (including phenoxy) is 2. The van der Waals surface area contributed by atoms with Crippen LogP contribution in [0.25, 0.3) is 5.57 Å². The third kappa shape index (κ3) is 3.45. The van der Waals surface area contributed by atoms with E-state index in [2.05, 4.69) is 65.8 Å². The van der Waals surface area contributed by atoms with E-state index in [9.17, 15) is 0 Å². The van der Waals surface area contributed by atoms with E-state index in [1.807, 2.05) is 0 Å². The number of hydrogen-bond donors (Lipinski definition) is 0. The van der Waals surface area contributed by atoms with Gasteiger partial charge in [-0.1, -0.05) is 31.6 Å². The van der Waals surface area contributed by atoms with Gasteiger partial charge in [-0.3, -0.25) is 0 Å². The molecular formula is C26H34O2. The quantitative estimate of drug-likeness (QED) is 0.582. The van der Waals surface area contributed by atoms with E-state index in [1.54, 1.807) is 14.2 Å². The van der Waals surface area contributed by atoms with Gasteiger partial charge in [-0.25, -0.2) is 0 Å². The first kappa shape index (κ1) is 20.5. The normalized spacial score (nSPS) is 19.7. The van der Waals surface area contributed by atoms with Crippen molar-refractivity contribution in [1.29, 1.82) is 0 Å². The summed E-state index contributed by atoms with van der Waals surface area (Å²) in [6.45, 7) is 13.4. The monoisotopic (exact) mass is 378 g/mol. The third-order valence-corrected chi connectivity index (χ3v) is 6.82. The molecule has 2 atom stereocenters. The topological polar surface area (TPSA) is 18.5 Å². The van der Waals surface area contributed by atoms with Gasteiger partial charge >= 0.3 is 0 Å². The highest BCUT2D eigenvalue weighted by atomic mass is 16.5. The average Bonchev–Trinajstić information content (AvgIpc) is 3.13. The van der Waals surface area contributed by atoms with Gasteiger partial charge in [0.25, 0.3) is 0 Å². The lowest BCUT2D eigenvalue weighted by Crippen LogP contribution is -2.00. The zero-order chi connectivity index (χ0) is 20.6. The van der Waals surface area contributed by atoms with Crippen molar-refractivity contribution in [2.75, 3.05) is 14.2 Å². The van der Waals surface area contributed by atoms with E-state index in [0.29, 0.717) is 5.92 Å². The molecule has 2 aromatic rings. The minimum absolute atomic E-state index is 0.681. The minimum Gasteiger partial charge on any atom is -0.496 e. The molecule has 28 heavy (non-hydrogen) atoms. The average molecular weight is 379 g/mol. The van der Waals surface area contributed by atoms with Crippen LogP contribution < -0.4 is 9.47 Å². The molecule has 0 bridgehead atoms. The van der Waals surface area contributed by atoms with Crippen molar-refractivity contribution in [1.82, 2.24) is 0 Å². The molecule has 2 unspecified atom stereocenters. The fourth-order valence-corrected chi connectivity index (χ4v) is 4.88. The summed E-state index contributed by atoms with van der Waals surface area (Å²) in [5.74, 6) is 3.48. The molecule has 4 rings (SSSR count). The van der Waals surface area contributed by atoms with E-state index in [0.717, 1.165) is 23.8 Å². The van der Waals surface area contributed by atoms with Crippen LogP contribution >= 0.6 is 0 Å². The fourth-order valence-electron chi connectivity index (χ4n) is 4.88. The predicted molar refractivity (Wildman–Crippen MR) is 119 cm³/mol. The van der Waals surface area contributed by atoms with Crippen molar-refractivity contribution >= 4 is 5.57 Å². The molecule has 2 heteroatoms. The Morgan fingerprint density at radius 2 is 1.36 bits per heavy atom. The molecule has 0 spiro atoms. The molecular weight excluding hydrogens is 344 g/mol. The van der Waals surface area contributed by atoms with E-state index >= 15 is 0 Å². The van der Waals surface area contributed by atoms with Crippen LogP contribution in [0.15, 0.2) is 29.8 Å². The van der Waals surface area contributed by atoms with Crippen LogP contribution in [0.5, 0.6) is 11.5 Å². The molecule has 150 valence electrons. The lowest BCUT2D eigenvalue weighted by molar-refractivity contribution is 0.410. The van der Waals surface area contributed by atoms with Gasteiger partial charge in [0.15, 0.2) is 0 Å². The van der Waals surface area contributed by atoms with Crippen LogP contribution in [0.1, 0.15) is 67.0 Å². The van der Waals surface area contributed by atoms with Gasteiger partial charge in [0, 0.05) is 0 Å². The van der Waals surface area contributed by atoms with Gasteiger partial charge in [-0.15, -0.1) is 0 Å². The van der Waals surface area contributed by atoms with Crippen LogP contribution in [-0.4, -0.2) is 14.2 Å². The summed E-state index contributed by atoms with van der Waals surface area (Å²) in [4.78, 5) is 0. The molecule has 0 N–H and O–H groups in total. The minimum atomic E-state index is 0.681. The highest BCUT2D eigenvalue weighted by molar-refractivity contribution is 5.78. The number of hydrogen-bond acceptors (Lipinski definition) is 2. The highest BCUT2D eigenvalue weighted by Gasteiger charge is 2.28. The van der Waals surface area contributed by atoms with Crippen LogP contribution in [-0.2, 0) is 12.8 Å². The van der Waals surface area contributed by atoms with E-state index in [-0.39, 0.29) is 0 Å². The summed E-state index contributed by atoms with van der Waals surface area (Å²) in [5, 5.41) is 0. The maximum absolute atomic E-state index is 5.35. The molecule has 0 radical (unpaired) electrons. The third-order valence-electron chi connectivity index (χ3n) is 6.82. The molecule has 0 fully saturated rings. The van der Waals surface area contributed by atoms with Crippen molar-refractivity contribution in [3.63, 3.8) is 0 Å². The standard InChI is InChI=1S/C13H18O.C13H16O/c2*1-8-7-11-5-6-12(14-4)10(3)13(11)9(8)2/h5-6,8-9H,7H2,1-4H3;5-6H,7H2,1-4H3. The molecule has 2 aromatic carbocycles. The van der Waals surface area contributed by atoms with E-state index < -0.39 is 0 Å². The van der Waals surface area contributed by atoms with Crippen molar-refractivity contribution in [3.8, 4) is 11.5 Å². The molecule has 0 aromatic heterocycles. The Hall–Kier alpha value is -2.22. The lowest BCUT2D eigenvalue weighted by Gasteiger charge is -2.14. The van der Waals surface area contributed by atoms with Crippen LogP contribution in [0.2, 0.25) is 0 Å². The van der Waals surface area contributed by atoms with Crippen molar-refractivity contribution in [2.45, 2.75) is 60.3 Å². The van der Waals surface area contributed by atoms with Gasteiger partial charge in [0.05, 0.1) is 14.2 Å². The Bertz CT molecular complexity index is 915. The number of benzene rings is 2. The Kier molecular flexibility index (Phi) is 5.88. The molecule has 0 saturated heterocycles. The van der Waals surface area contributed by atoms with Crippen molar-refractivity contribution < 1.29 is 9.47 Å². The van der Waals surface area contributed by atoms with Gasteiger partial charge in [0.1, 0.15) is 11.5 Å². The summed E-state index contributed by atoms with van der Waals surface area (Å²) >= 11 is 0. The second-order valence-electron chi connectivity index (χ2n) is 8.44. The van der Waals surface area contributed by atoms with Crippen LogP contribution in [0, 0.1) is 19.8 Å². The molecule has 0 aliphatic heterocycles. The summed E-state index contributed by atoms with van der Waals surface area (Å²) in [6, 6.07) is 8.57. The summed E-state index contributed by atoms with van der Waals surface area (Å²) in [5.41, 5.74) is 11.4. The number of methoxy groups -OCH3 is 2. The van der Waals surface area contributed by atoms with Gasteiger partial charge in [-0.2, -0.15) is 0 Å². The Morgan fingerprint density at radius 3 is 1.96 bits per heavy atom. The molecule has 2 nitrogen and oxygen atoms in total. The first-order chi connectivity index (χ1) is 13.3. The van der Waals surface area contributed by atoms with Gasteiger partial charge < -0.3 is 9.47 Å². The summed E-state index contributed by atoms with van der Waals surface area (Å²) in [6.07, 6.45) is 2.33. The molecule has 0 saturated carbocycles. The van der Waals surface area contributed by atoms with E-state index in [1.165, 1.54) is 50.9 Å². The Labute approximate surface area is 170 Å². The number of rotatable bonds is 2. The van der Waals surface area contributed by atoms with E-state index in [4.69, 9.17) is 9.47 Å². The Balaban J connectivity index is 0.000000161. The molecule has 0 heterocycles. The van der Waals surface area contributed by atoms with Crippen molar-refractivity contribution in [2.24, 2.45) is 5.92 Å². The SMILES string of the molecule is COc1ccc2c(c1C)C(C)=C(C)C2.COc1ccc2c(c1C)C(C)C(C)C2. The summed E-state index contributed by atoms with van der Waals surface area (Å²) in [7, 11) is 3.48. The fraction of sp³-hybridized carbons (Fsp3) is 0.462. The zero-order valence-electron chi connectivity index (χ0n) is 18.7. The predicted octanol–water partition coefficient (Wildman–Crippen LogP) is 6.65.